The second kappa shape index (κ2) is 6.67. The number of carbonyl (C=O) groups excluding carboxylic acids is 1. The highest BCUT2D eigenvalue weighted by Crippen LogP contribution is 2.48. The topological polar surface area (TPSA) is 47.4 Å². The summed E-state index contributed by atoms with van der Waals surface area (Å²) >= 11 is 0. The minimum absolute atomic E-state index is 0.0458. The van der Waals surface area contributed by atoms with E-state index in [1.165, 1.54) is 0 Å². The van der Waals surface area contributed by atoms with Crippen molar-refractivity contribution in [2.75, 3.05) is 11.9 Å². The number of nitrogens with zero attached hydrogens (tertiary/aromatic N) is 3. The van der Waals surface area contributed by atoms with E-state index in [9.17, 15) is 4.79 Å². The average Bonchev–Trinajstić information content (AvgIpc) is 3.35. The van der Waals surface area contributed by atoms with Crippen molar-refractivity contribution in [3.05, 3.63) is 72.6 Å². The van der Waals surface area contributed by atoms with Gasteiger partial charge in [-0.3, -0.25) is 9.48 Å². The Labute approximate surface area is 152 Å². The lowest BCUT2D eigenvalue weighted by Crippen LogP contribution is -2.28. The molecule has 1 aromatic heterocycles. The summed E-state index contributed by atoms with van der Waals surface area (Å²) in [5.41, 5.74) is 2.01. The van der Waals surface area contributed by atoms with Crippen LogP contribution in [0.25, 0.3) is 0 Å². The maximum absolute atomic E-state index is 12.7. The molecule has 0 spiro atoms. The summed E-state index contributed by atoms with van der Waals surface area (Å²) in [7, 11) is 3.72. The van der Waals surface area contributed by atoms with Crippen molar-refractivity contribution in [3.8, 4) is 11.5 Å². The molecule has 0 aliphatic heterocycles. The Kier molecular flexibility index (Phi) is 4.21. The van der Waals surface area contributed by atoms with Gasteiger partial charge in [0.15, 0.2) is 0 Å². The van der Waals surface area contributed by atoms with Crippen LogP contribution in [0.3, 0.4) is 0 Å². The van der Waals surface area contributed by atoms with E-state index in [2.05, 4.69) is 5.10 Å². The van der Waals surface area contributed by atoms with Gasteiger partial charge in [0.1, 0.15) is 11.5 Å². The SMILES string of the molecule is CN(C(=O)[C@@H]1C[C@@H]1c1cnn(C)c1)c1ccc(Oc2ccccc2)cc1. The van der Waals surface area contributed by atoms with E-state index in [1.54, 1.807) is 9.58 Å². The molecule has 0 saturated heterocycles. The van der Waals surface area contributed by atoms with Gasteiger partial charge in [-0.15, -0.1) is 0 Å². The molecule has 26 heavy (non-hydrogen) atoms. The Morgan fingerprint density at radius 3 is 2.46 bits per heavy atom. The zero-order valence-electron chi connectivity index (χ0n) is 14.9. The number of benzene rings is 2. The Morgan fingerprint density at radius 2 is 1.81 bits per heavy atom. The minimum Gasteiger partial charge on any atom is -0.457 e. The third kappa shape index (κ3) is 3.33. The Hall–Kier alpha value is -3.08. The highest BCUT2D eigenvalue weighted by atomic mass is 16.5. The van der Waals surface area contributed by atoms with Crippen molar-refractivity contribution < 1.29 is 9.53 Å². The summed E-state index contributed by atoms with van der Waals surface area (Å²) < 4.78 is 7.58. The van der Waals surface area contributed by atoms with Gasteiger partial charge in [0.05, 0.1) is 6.20 Å². The number of aromatic nitrogens is 2. The number of ether oxygens (including phenoxy) is 1. The van der Waals surface area contributed by atoms with Gasteiger partial charge in [0, 0.05) is 31.9 Å². The summed E-state index contributed by atoms with van der Waals surface area (Å²) in [6, 6.07) is 17.2. The summed E-state index contributed by atoms with van der Waals surface area (Å²) in [4.78, 5) is 14.5. The average molecular weight is 347 g/mol. The molecule has 1 aliphatic rings. The van der Waals surface area contributed by atoms with E-state index in [-0.39, 0.29) is 11.8 Å². The van der Waals surface area contributed by atoms with Crippen molar-refractivity contribution in [1.82, 2.24) is 9.78 Å². The number of hydrogen-bond donors (Lipinski definition) is 0. The fourth-order valence-corrected chi connectivity index (χ4v) is 3.21. The first-order valence-corrected chi connectivity index (χ1v) is 8.71. The van der Waals surface area contributed by atoms with Crippen molar-refractivity contribution in [3.63, 3.8) is 0 Å². The Morgan fingerprint density at radius 1 is 1.12 bits per heavy atom. The van der Waals surface area contributed by atoms with Crippen molar-refractivity contribution in [2.24, 2.45) is 13.0 Å². The van der Waals surface area contributed by atoms with Gasteiger partial charge in [0.2, 0.25) is 5.91 Å². The third-order valence-corrected chi connectivity index (χ3v) is 4.79. The quantitative estimate of drug-likeness (QED) is 0.701. The molecule has 0 bridgehead atoms. The Balaban J connectivity index is 1.40. The van der Waals surface area contributed by atoms with Crippen molar-refractivity contribution >= 4 is 11.6 Å². The van der Waals surface area contributed by atoms with Crippen LogP contribution in [0.1, 0.15) is 17.9 Å². The van der Waals surface area contributed by atoms with Crippen LogP contribution in [0, 0.1) is 5.92 Å². The molecule has 5 nitrogen and oxygen atoms in total. The lowest BCUT2D eigenvalue weighted by Gasteiger charge is -2.18. The fourth-order valence-electron chi connectivity index (χ4n) is 3.21. The van der Waals surface area contributed by atoms with Gasteiger partial charge >= 0.3 is 0 Å². The molecule has 0 N–H and O–H groups in total. The molecule has 3 aromatic rings. The molecule has 1 amide bonds. The number of rotatable bonds is 5. The first-order chi connectivity index (χ1) is 12.6. The normalized spacial score (nSPS) is 18.4. The molecule has 132 valence electrons. The van der Waals surface area contributed by atoms with Crippen LogP contribution in [0.2, 0.25) is 0 Å². The second-order valence-electron chi connectivity index (χ2n) is 6.70. The van der Waals surface area contributed by atoms with Gasteiger partial charge in [-0.1, -0.05) is 18.2 Å². The van der Waals surface area contributed by atoms with Crippen LogP contribution in [-0.2, 0) is 11.8 Å². The van der Waals surface area contributed by atoms with Crippen molar-refractivity contribution in [2.45, 2.75) is 12.3 Å². The molecule has 0 radical (unpaired) electrons. The predicted molar refractivity (Wildman–Crippen MR) is 100 cm³/mol. The number of hydrogen-bond acceptors (Lipinski definition) is 3. The van der Waals surface area contributed by atoms with E-state index in [0.29, 0.717) is 5.92 Å². The highest BCUT2D eigenvalue weighted by molar-refractivity contribution is 5.97. The van der Waals surface area contributed by atoms with Crippen LogP contribution in [-0.4, -0.2) is 22.7 Å². The van der Waals surface area contributed by atoms with Crippen LogP contribution in [0.5, 0.6) is 11.5 Å². The second-order valence-corrected chi connectivity index (χ2v) is 6.70. The molecule has 0 unspecified atom stereocenters. The molecule has 1 aliphatic carbocycles. The van der Waals surface area contributed by atoms with E-state index >= 15 is 0 Å². The van der Waals surface area contributed by atoms with Gasteiger partial charge in [-0.2, -0.15) is 5.10 Å². The summed E-state index contributed by atoms with van der Waals surface area (Å²) in [6.07, 6.45) is 4.74. The van der Waals surface area contributed by atoms with E-state index < -0.39 is 0 Å². The molecule has 4 rings (SSSR count). The van der Waals surface area contributed by atoms with Crippen LogP contribution >= 0.6 is 0 Å². The maximum atomic E-state index is 12.7. The van der Waals surface area contributed by atoms with E-state index in [4.69, 9.17) is 4.74 Å². The fraction of sp³-hybridized carbons (Fsp3) is 0.238. The molecule has 1 fully saturated rings. The zero-order valence-corrected chi connectivity index (χ0v) is 14.9. The van der Waals surface area contributed by atoms with Gasteiger partial charge in [0.25, 0.3) is 0 Å². The van der Waals surface area contributed by atoms with Gasteiger partial charge < -0.3 is 9.64 Å². The number of anilines is 1. The molecular formula is C21H21N3O2. The molecule has 1 heterocycles. The minimum atomic E-state index is 0.0458. The standard InChI is InChI=1S/C21H21N3O2/c1-23-14-15(13-22-23)19-12-20(19)21(25)24(2)16-8-10-18(11-9-16)26-17-6-4-3-5-7-17/h3-11,13-14,19-20H,12H2,1-2H3/t19-,20-/m1/s1. The molecule has 2 atom stereocenters. The predicted octanol–water partition coefficient (Wildman–Crippen LogP) is 3.98. The largest absolute Gasteiger partial charge is 0.457 e. The van der Waals surface area contributed by atoms with Gasteiger partial charge in [-0.25, -0.2) is 0 Å². The van der Waals surface area contributed by atoms with E-state index in [0.717, 1.165) is 29.2 Å². The third-order valence-electron chi connectivity index (χ3n) is 4.79. The Bertz CT molecular complexity index is 903. The van der Waals surface area contributed by atoms with Crippen LogP contribution in [0.4, 0.5) is 5.69 Å². The first-order valence-electron chi connectivity index (χ1n) is 8.71. The maximum Gasteiger partial charge on any atom is 0.230 e. The molecule has 5 heteroatoms. The molecule has 1 saturated carbocycles. The number of para-hydroxylation sites is 1. The summed E-state index contributed by atoms with van der Waals surface area (Å²) in [5.74, 6) is 2.03. The van der Waals surface area contributed by atoms with Gasteiger partial charge in [-0.05, 0) is 54.3 Å². The van der Waals surface area contributed by atoms with Crippen LogP contribution in [0.15, 0.2) is 67.0 Å². The number of aryl methyl sites for hydroxylation is 1. The first kappa shape index (κ1) is 16.4. The lowest BCUT2D eigenvalue weighted by atomic mass is 10.2. The van der Waals surface area contributed by atoms with Crippen LogP contribution < -0.4 is 9.64 Å². The summed E-state index contributed by atoms with van der Waals surface area (Å²) in [6.45, 7) is 0. The lowest BCUT2D eigenvalue weighted by molar-refractivity contribution is -0.119. The van der Waals surface area contributed by atoms with Crippen molar-refractivity contribution in [1.29, 1.82) is 0 Å². The number of amides is 1. The molecule has 2 aromatic carbocycles. The number of carbonyl (C=O) groups is 1. The summed E-state index contributed by atoms with van der Waals surface area (Å²) in [5, 5.41) is 4.20. The van der Waals surface area contributed by atoms with E-state index in [1.807, 2.05) is 81.1 Å². The molecular weight excluding hydrogens is 326 g/mol. The zero-order chi connectivity index (χ0) is 18.1. The smallest absolute Gasteiger partial charge is 0.230 e. The monoisotopic (exact) mass is 347 g/mol. The highest BCUT2D eigenvalue weighted by Gasteiger charge is 2.46.